The van der Waals surface area contributed by atoms with Crippen molar-refractivity contribution < 1.29 is 19.1 Å². The Balaban J connectivity index is 1.69. The van der Waals surface area contributed by atoms with Gasteiger partial charge in [-0.3, -0.25) is 19.5 Å². The number of rotatable bonds is 3. The number of anilines is 1. The number of halogens is 2. The fourth-order valence-corrected chi connectivity index (χ4v) is 4.80. The maximum absolute atomic E-state index is 13.8. The van der Waals surface area contributed by atoms with Crippen LogP contribution in [0.15, 0.2) is 66.5 Å². The Labute approximate surface area is 195 Å². The number of aliphatic hydroxyl groups excluding tert-OH is 1. The Morgan fingerprint density at radius 3 is 2.58 bits per heavy atom. The van der Waals surface area contributed by atoms with Crippen LogP contribution in [0.1, 0.15) is 41.1 Å². The number of aliphatic hydroxyl groups is 1. The van der Waals surface area contributed by atoms with Crippen molar-refractivity contribution in [2.45, 2.75) is 31.7 Å². The van der Waals surface area contributed by atoms with Gasteiger partial charge < -0.3 is 5.11 Å². The molecule has 33 heavy (non-hydrogen) atoms. The zero-order chi connectivity index (χ0) is 23.1. The number of aromatic nitrogens is 1. The van der Waals surface area contributed by atoms with Crippen LogP contribution in [0.2, 0.25) is 5.02 Å². The Morgan fingerprint density at radius 1 is 1.06 bits per heavy atom. The molecule has 3 aromatic rings. The fraction of sp³-hybridized carbons (Fsp3) is 0.192. The molecule has 0 spiro atoms. The predicted molar refractivity (Wildman–Crippen MR) is 124 cm³/mol. The number of carbonyl (C=O) groups excluding carboxylic acids is 2. The van der Waals surface area contributed by atoms with Crippen LogP contribution in [0.4, 0.5) is 10.1 Å². The largest absolute Gasteiger partial charge is 0.507 e. The van der Waals surface area contributed by atoms with Gasteiger partial charge in [-0.1, -0.05) is 29.8 Å². The van der Waals surface area contributed by atoms with Crippen LogP contribution >= 0.6 is 11.6 Å². The molecule has 2 aromatic carbocycles. The number of benzene rings is 2. The number of carbonyl (C=O) groups is 2. The third-order valence-corrected chi connectivity index (χ3v) is 6.54. The van der Waals surface area contributed by atoms with E-state index in [1.807, 2.05) is 12.1 Å². The van der Waals surface area contributed by atoms with Crippen molar-refractivity contribution in [3.63, 3.8) is 0 Å². The molecule has 166 valence electrons. The van der Waals surface area contributed by atoms with Crippen molar-refractivity contribution in [2.24, 2.45) is 0 Å². The summed E-state index contributed by atoms with van der Waals surface area (Å²) < 4.78 is 13.8. The molecule has 1 amide bonds. The minimum absolute atomic E-state index is 0.0378. The lowest BCUT2D eigenvalue weighted by molar-refractivity contribution is -0.132. The van der Waals surface area contributed by atoms with E-state index in [-0.39, 0.29) is 22.0 Å². The van der Waals surface area contributed by atoms with E-state index in [0.29, 0.717) is 11.1 Å². The molecular formula is C26H20ClFN2O3. The van der Waals surface area contributed by atoms with Gasteiger partial charge in [-0.05, 0) is 72.7 Å². The molecule has 5 nitrogen and oxygen atoms in total. The molecular weight excluding hydrogens is 443 g/mol. The lowest BCUT2D eigenvalue weighted by Crippen LogP contribution is -2.29. The predicted octanol–water partition coefficient (Wildman–Crippen LogP) is 5.38. The van der Waals surface area contributed by atoms with Crippen LogP contribution < -0.4 is 4.90 Å². The second-order valence-corrected chi connectivity index (χ2v) is 8.65. The maximum Gasteiger partial charge on any atom is 0.300 e. The number of nitrogens with zero attached hydrogens (tertiary/aromatic N) is 2. The Bertz CT molecular complexity index is 1310. The smallest absolute Gasteiger partial charge is 0.300 e. The summed E-state index contributed by atoms with van der Waals surface area (Å²) in [5.41, 5.74) is 3.62. The topological polar surface area (TPSA) is 70.5 Å². The molecule has 1 saturated heterocycles. The van der Waals surface area contributed by atoms with Crippen LogP contribution in [-0.4, -0.2) is 21.8 Å². The van der Waals surface area contributed by atoms with Gasteiger partial charge >= 0.3 is 0 Å². The summed E-state index contributed by atoms with van der Waals surface area (Å²) >= 11 is 5.96. The van der Waals surface area contributed by atoms with Crippen LogP contribution in [0, 0.1) is 5.82 Å². The average Bonchev–Trinajstić information content (AvgIpc) is 3.11. The van der Waals surface area contributed by atoms with E-state index >= 15 is 0 Å². The molecule has 2 heterocycles. The molecule has 0 bridgehead atoms. The van der Waals surface area contributed by atoms with Gasteiger partial charge in [0.1, 0.15) is 11.6 Å². The van der Waals surface area contributed by atoms with Crippen molar-refractivity contribution in [2.75, 3.05) is 4.90 Å². The van der Waals surface area contributed by atoms with Gasteiger partial charge in [0.15, 0.2) is 0 Å². The summed E-state index contributed by atoms with van der Waals surface area (Å²) in [6.45, 7) is 0. The molecule has 1 aliphatic heterocycles. The Morgan fingerprint density at radius 2 is 1.85 bits per heavy atom. The quantitative estimate of drug-likeness (QED) is 0.322. The van der Waals surface area contributed by atoms with E-state index < -0.39 is 23.5 Å². The number of pyridine rings is 1. The molecule has 5 rings (SSSR count). The van der Waals surface area contributed by atoms with Gasteiger partial charge in [0.25, 0.3) is 11.7 Å². The minimum atomic E-state index is -0.934. The second-order valence-electron chi connectivity index (χ2n) is 8.24. The fourth-order valence-electron chi connectivity index (χ4n) is 4.62. The van der Waals surface area contributed by atoms with Gasteiger partial charge in [0, 0.05) is 23.6 Å². The molecule has 1 atom stereocenters. The van der Waals surface area contributed by atoms with Gasteiger partial charge in [-0.2, -0.15) is 0 Å². The zero-order valence-electron chi connectivity index (χ0n) is 17.6. The highest BCUT2D eigenvalue weighted by Gasteiger charge is 2.47. The van der Waals surface area contributed by atoms with E-state index in [9.17, 15) is 19.1 Å². The first-order valence-corrected chi connectivity index (χ1v) is 11.1. The van der Waals surface area contributed by atoms with E-state index in [0.717, 1.165) is 37.3 Å². The van der Waals surface area contributed by atoms with E-state index in [1.165, 1.54) is 28.8 Å². The van der Waals surface area contributed by atoms with Crippen molar-refractivity contribution in [3.8, 4) is 0 Å². The highest BCUT2D eigenvalue weighted by molar-refractivity contribution is 6.51. The molecule has 0 saturated carbocycles. The molecule has 2 aliphatic rings. The lowest BCUT2D eigenvalue weighted by Gasteiger charge is -2.25. The standard InChI is InChI=1S/C26H20ClFN2O3/c27-20-13-19(9-10-21(20)28)30-23(18-6-3-11-29-14-18)22(25(32)26(30)33)24(31)17-8-7-15-4-1-2-5-16(15)12-17/h3,6-14,23,31H,1-2,4-5H2/b24-22-. The first-order chi connectivity index (χ1) is 16.0. The lowest BCUT2D eigenvalue weighted by atomic mass is 9.89. The van der Waals surface area contributed by atoms with Gasteiger partial charge in [-0.15, -0.1) is 0 Å². The van der Waals surface area contributed by atoms with Crippen LogP contribution in [0.25, 0.3) is 5.76 Å². The van der Waals surface area contributed by atoms with E-state index in [2.05, 4.69) is 4.98 Å². The summed E-state index contributed by atoms with van der Waals surface area (Å²) in [5.74, 6) is -2.53. The normalized spacial score (nSPS) is 19.6. The Hall–Kier alpha value is -3.51. The number of fused-ring (bicyclic) bond motifs is 1. The maximum atomic E-state index is 13.8. The summed E-state index contributed by atoms with van der Waals surface area (Å²) in [4.78, 5) is 31.7. The number of hydrogen-bond donors (Lipinski definition) is 1. The van der Waals surface area contributed by atoms with Gasteiger partial charge in [0.05, 0.1) is 16.6 Å². The zero-order valence-corrected chi connectivity index (χ0v) is 18.3. The number of ketones is 1. The first-order valence-electron chi connectivity index (χ1n) is 10.7. The van der Waals surface area contributed by atoms with Crippen LogP contribution in [0.5, 0.6) is 0 Å². The van der Waals surface area contributed by atoms with Crippen molar-refractivity contribution in [1.29, 1.82) is 0 Å². The van der Waals surface area contributed by atoms with Crippen molar-refractivity contribution in [3.05, 3.63) is 99.6 Å². The number of hydrogen-bond acceptors (Lipinski definition) is 4. The Kier molecular flexibility index (Phi) is 5.46. The SMILES string of the molecule is O=C1C(=O)N(c2ccc(F)c(Cl)c2)C(c2cccnc2)/C1=C(/O)c1ccc2c(c1)CCCC2. The monoisotopic (exact) mass is 462 g/mol. The third-order valence-electron chi connectivity index (χ3n) is 6.25. The summed E-state index contributed by atoms with van der Waals surface area (Å²) in [6.07, 6.45) is 7.21. The molecule has 1 aromatic heterocycles. The molecule has 1 unspecified atom stereocenters. The molecule has 0 radical (unpaired) electrons. The van der Waals surface area contributed by atoms with Crippen molar-refractivity contribution in [1.82, 2.24) is 4.98 Å². The second kappa shape index (κ2) is 8.45. The highest BCUT2D eigenvalue weighted by Crippen LogP contribution is 2.42. The summed E-state index contributed by atoms with van der Waals surface area (Å²) in [5, 5.41) is 11.1. The molecule has 1 N–H and O–H groups in total. The van der Waals surface area contributed by atoms with E-state index in [1.54, 1.807) is 24.4 Å². The highest BCUT2D eigenvalue weighted by atomic mass is 35.5. The molecule has 1 fully saturated rings. The van der Waals surface area contributed by atoms with Gasteiger partial charge in [-0.25, -0.2) is 4.39 Å². The third kappa shape index (κ3) is 3.70. The average molecular weight is 463 g/mol. The van der Waals surface area contributed by atoms with Gasteiger partial charge in [0.2, 0.25) is 0 Å². The number of Topliss-reactive ketones (excluding diaryl/α,β-unsaturated/α-hetero) is 1. The number of aryl methyl sites for hydroxylation is 2. The summed E-state index contributed by atoms with van der Waals surface area (Å²) in [6, 6.07) is 11.9. The summed E-state index contributed by atoms with van der Waals surface area (Å²) in [7, 11) is 0. The van der Waals surface area contributed by atoms with Crippen LogP contribution in [0.3, 0.4) is 0 Å². The van der Waals surface area contributed by atoms with E-state index in [4.69, 9.17) is 11.6 Å². The minimum Gasteiger partial charge on any atom is -0.507 e. The molecule has 7 heteroatoms. The van der Waals surface area contributed by atoms with Crippen molar-refractivity contribution >= 4 is 34.7 Å². The number of amides is 1. The molecule has 1 aliphatic carbocycles. The van der Waals surface area contributed by atoms with Crippen LogP contribution in [-0.2, 0) is 22.4 Å². The first kappa shape index (κ1) is 21.3.